The minimum absolute atomic E-state index is 0.248. The van der Waals surface area contributed by atoms with Crippen molar-refractivity contribution in [3.63, 3.8) is 0 Å². The molecule has 1 heterocycles. The summed E-state index contributed by atoms with van der Waals surface area (Å²) in [5, 5.41) is 12.5. The van der Waals surface area contributed by atoms with Crippen LogP contribution in [0.4, 0.5) is 5.69 Å². The van der Waals surface area contributed by atoms with Gasteiger partial charge in [-0.05, 0) is 50.1 Å². The Balaban J connectivity index is 2.07. The zero-order valence-corrected chi connectivity index (χ0v) is 12.0. The lowest BCUT2D eigenvalue weighted by Gasteiger charge is -2.08. The monoisotopic (exact) mass is 356 g/mol. The molecule has 2 N–H and O–H groups in total. The first-order valence-corrected chi connectivity index (χ1v) is 6.56. The SMILES string of the molecule is Oc1cccc(NCc2ncc(Br)cc2Br)c1. The summed E-state index contributed by atoms with van der Waals surface area (Å²) in [6.45, 7) is 0.595. The molecule has 1 aromatic heterocycles. The summed E-state index contributed by atoms with van der Waals surface area (Å²) in [7, 11) is 0. The molecule has 1 aromatic carbocycles. The molecule has 5 heteroatoms. The van der Waals surface area contributed by atoms with Crippen molar-refractivity contribution in [2.45, 2.75) is 6.54 Å². The molecule has 0 atom stereocenters. The Bertz CT molecular complexity index is 532. The van der Waals surface area contributed by atoms with Crippen LogP contribution in [-0.4, -0.2) is 10.1 Å². The van der Waals surface area contributed by atoms with E-state index in [0.29, 0.717) is 6.54 Å². The molecule has 17 heavy (non-hydrogen) atoms. The molecule has 0 saturated heterocycles. The van der Waals surface area contributed by atoms with Crippen LogP contribution < -0.4 is 5.32 Å². The van der Waals surface area contributed by atoms with Crippen LogP contribution in [0.5, 0.6) is 5.75 Å². The summed E-state index contributed by atoms with van der Waals surface area (Å²) in [6.07, 6.45) is 1.75. The van der Waals surface area contributed by atoms with Crippen molar-refractivity contribution in [2.75, 3.05) is 5.32 Å². The van der Waals surface area contributed by atoms with Gasteiger partial charge in [0.15, 0.2) is 0 Å². The number of aromatic nitrogens is 1. The van der Waals surface area contributed by atoms with Crippen molar-refractivity contribution in [3.05, 3.63) is 51.2 Å². The predicted molar refractivity (Wildman–Crippen MR) is 75.1 cm³/mol. The van der Waals surface area contributed by atoms with Crippen LogP contribution in [0.2, 0.25) is 0 Å². The molecule has 0 aliphatic rings. The summed E-state index contributed by atoms with van der Waals surface area (Å²) >= 11 is 6.81. The van der Waals surface area contributed by atoms with Gasteiger partial charge in [0.25, 0.3) is 0 Å². The first-order valence-electron chi connectivity index (χ1n) is 4.98. The maximum atomic E-state index is 9.33. The topological polar surface area (TPSA) is 45.1 Å². The second kappa shape index (κ2) is 5.51. The minimum Gasteiger partial charge on any atom is -0.508 e. The molecule has 0 amide bonds. The number of rotatable bonds is 3. The standard InChI is InChI=1S/C12H10Br2N2O/c13-8-4-11(14)12(16-6-8)7-15-9-2-1-3-10(17)5-9/h1-6,15,17H,7H2. The lowest BCUT2D eigenvalue weighted by molar-refractivity contribution is 0.475. The third-order valence-corrected chi connectivity index (χ3v) is 3.31. The van der Waals surface area contributed by atoms with Crippen LogP contribution in [0.1, 0.15) is 5.69 Å². The molecule has 0 aliphatic carbocycles. The van der Waals surface area contributed by atoms with Gasteiger partial charge in [0.05, 0.1) is 12.2 Å². The number of phenols is 1. The molecule has 0 bridgehead atoms. The second-order valence-corrected chi connectivity index (χ2v) is 5.26. The Morgan fingerprint density at radius 2 is 2.06 bits per heavy atom. The molecule has 0 saturated carbocycles. The van der Waals surface area contributed by atoms with Crippen LogP contribution in [0.25, 0.3) is 0 Å². The lowest BCUT2D eigenvalue weighted by atomic mass is 10.3. The average molecular weight is 358 g/mol. The summed E-state index contributed by atoms with van der Waals surface area (Å²) in [6, 6.07) is 8.95. The van der Waals surface area contributed by atoms with Gasteiger partial charge in [-0.15, -0.1) is 0 Å². The van der Waals surface area contributed by atoms with E-state index in [-0.39, 0.29) is 5.75 Å². The van der Waals surface area contributed by atoms with Crippen LogP contribution in [-0.2, 0) is 6.54 Å². The summed E-state index contributed by atoms with van der Waals surface area (Å²) in [5.74, 6) is 0.248. The zero-order valence-electron chi connectivity index (χ0n) is 8.82. The van der Waals surface area contributed by atoms with Crippen LogP contribution in [0, 0.1) is 0 Å². The van der Waals surface area contributed by atoms with Gasteiger partial charge < -0.3 is 10.4 Å². The smallest absolute Gasteiger partial charge is 0.117 e. The van der Waals surface area contributed by atoms with Crippen molar-refractivity contribution in [1.29, 1.82) is 0 Å². The Labute approximate surface area is 116 Å². The highest BCUT2D eigenvalue weighted by Gasteiger charge is 2.02. The normalized spacial score (nSPS) is 10.2. The molecule has 0 radical (unpaired) electrons. The molecule has 2 rings (SSSR count). The minimum atomic E-state index is 0.248. The lowest BCUT2D eigenvalue weighted by Crippen LogP contribution is -2.02. The molecule has 0 fully saturated rings. The number of benzene rings is 1. The fourth-order valence-electron chi connectivity index (χ4n) is 1.37. The highest BCUT2D eigenvalue weighted by atomic mass is 79.9. The first kappa shape index (κ1) is 12.4. The zero-order chi connectivity index (χ0) is 12.3. The number of halogens is 2. The Morgan fingerprint density at radius 1 is 1.24 bits per heavy atom. The summed E-state index contributed by atoms with van der Waals surface area (Å²) in [5.41, 5.74) is 1.78. The number of phenolic OH excluding ortho intramolecular Hbond substituents is 1. The maximum Gasteiger partial charge on any atom is 0.117 e. The van der Waals surface area contributed by atoms with Crippen molar-refractivity contribution in [3.8, 4) is 5.75 Å². The van der Waals surface area contributed by atoms with Gasteiger partial charge in [-0.25, -0.2) is 0 Å². The molecule has 0 spiro atoms. The number of nitrogens with zero attached hydrogens (tertiary/aromatic N) is 1. The third kappa shape index (κ3) is 3.44. The number of nitrogens with one attached hydrogen (secondary N) is 1. The third-order valence-electron chi connectivity index (χ3n) is 2.19. The quantitative estimate of drug-likeness (QED) is 0.874. The van der Waals surface area contributed by atoms with Crippen molar-refractivity contribution in [2.24, 2.45) is 0 Å². The van der Waals surface area contributed by atoms with Gasteiger partial charge in [0, 0.05) is 26.9 Å². The molecular weight excluding hydrogens is 348 g/mol. The van der Waals surface area contributed by atoms with Gasteiger partial charge in [0.2, 0.25) is 0 Å². The Kier molecular flexibility index (Phi) is 4.02. The highest BCUT2D eigenvalue weighted by Crippen LogP contribution is 2.21. The number of anilines is 1. The molecule has 2 aromatic rings. The van der Waals surface area contributed by atoms with E-state index in [2.05, 4.69) is 42.2 Å². The van der Waals surface area contributed by atoms with E-state index in [1.807, 2.05) is 12.1 Å². The van der Waals surface area contributed by atoms with E-state index in [4.69, 9.17) is 0 Å². The van der Waals surface area contributed by atoms with E-state index in [1.54, 1.807) is 24.4 Å². The van der Waals surface area contributed by atoms with Crippen LogP contribution >= 0.6 is 31.9 Å². The largest absolute Gasteiger partial charge is 0.508 e. The molecule has 88 valence electrons. The van der Waals surface area contributed by atoms with E-state index >= 15 is 0 Å². The summed E-state index contributed by atoms with van der Waals surface area (Å²) < 4.78 is 1.88. The highest BCUT2D eigenvalue weighted by molar-refractivity contribution is 9.11. The number of hydrogen-bond acceptors (Lipinski definition) is 3. The fourth-order valence-corrected chi connectivity index (χ4v) is 2.50. The fraction of sp³-hybridized carbons (Fsp3) is 0.0833. The predicted octanol–water partition coefficient (Wildman–Crippen LogP) is 3.92. The van der Waals surface area contributed by atoms with Crippen molar-refractivity contribution < 1.29 is 5.11 Å². The first-order chi connectivity index (χ1) is 8.15. The maximum absolute atomic E-state index is 9.33. The number of hydrogen-bond donors (Lipinski definition) is 2. The second-order valence-electron chi connectivity index (χ2n) is 3.49. The van der Waals surface area contributed by atoms with Crippen molar-refractivity contribution >= 4 is 37.5 Å². The Hall–Kier alpha value is -1.07. The van der Waals surface area contributed by atoms with Gasteiger partial charge in [-0.1, -0.05) is 6.07 Å². The molecular formula is C12H10Br2N2O. The van der Waals surface area contributed by atoms with Gasteiger partial charge in [-0.2, -0.15) is 0 Å². The van der Waals surface area contributed by atoms with E-state index in [1.165, 1.54) is 0 Å². The van der Waals surface area contributed by atoms with Gasteiger partial charge in [-0.3, -0.25) is 4.98 Å². The average Bonchev–Trinajstić information content (AvgIpc) is 2.28. The van der Waals surface area contributed by atoms with Crippen molar-refractivity contribution in [1.82, 2.24) is 4.98 Å². The number of aromatic hydroxyl groups is 1. The summed E-state index contributed by atoms with van der Waals surface area (Å²) in [4.78, 5) is 4.30. The van der Waals surface area contributed by atoms with Gasteiger partial charge >= 0.3 is 0 Å². The van der Waals surface area contributed by atoms with E-state index < -0.39 is 0 Å². The molecule has 3 nitrogen and oxygen atoms in total. The van der Waals surface area contributed by atoms with Gasteiger partial charge in [0.1, 0.15) is 5.75 Å². The molecule has 0 unspecified atom stereocenters. The van der Waals surface area contributed by atoms with E-state index in [9.17, 15) is 5.11 Å². The van der Waals surface area contributed by atoms with E-state index in [0.717, 1.165) is 20.3 Å². The van der Waals surface area contributed by atoms with Crippen LogP contribution in [0.15, 0.2) is 45.5 Å². The number of pyridine rings is 1. The Morgan fingerprint density at radius 3 is 2.76 bits per heavy atom. The molecule has 0 aliphatic heterocycles. The van der Waals surface area contributed by atoms with Crippen LogP contribution in [0.3, 0.4) is 0 Å².